The molecule has 8 heteroatoms. The summed E-state index contributed by atoms with van der Waals surface area (Å²) >= 11 is 0. The quantitative estimate of drug-likeness (QED) is 0.330. The van der Waals surface area contributed by atoms with E-state index in [9.17, 15) is 18.3 Å². The number of thiol groups is 1. The van der Waals surface area contributed by atoms with E-state index in [0.717, 1.165) is 0 Å². The Bertz CT molecular complexity index is 384. The maximum Gasteiger partial charge on any atom is 0.217 e. The van der Waals surface area contributed by atoms with Crippen molar-refractivity contribution in [2.24, 2.45) is 0 Å². The highest BCUT2D eigenvalue weighted by Gasteiger charge is 2.21. The van der Waals surface area contributed by atoms with Crippen LogP contribution >= 0.6 is 0 Å². The molecule has 0 radical (unpaired) electrons. The lowest BCUT2D eigenvalue weighted by molar-refractivity contribution is -0.120. The summed E-state index contributed by atoms with van der Waals surface area (Å²) in [7, 11) is -4.12. The molecule has 0 saturated carbocycles. The van der Waals surface area contributed by atoms with Gasteiger partial charge in [0, 0.05) is 23.0 Å². The lowest BCUT2D eigenvalue weighted by atomic mass is 10.1. The zero-order chi connectivity index (χ0) is 17.1. The van der Waals surface area contributed by atoms with Crippen LogP contribution in [-0.2, 0) is 15.6 Å². The first kappa shape index (κ1) is 13.7. The zero-order valence-corrected chi connectivity index (χ0v) is 11.8. The van der Waals surface area contributed by atoms with E-state index in [-0.39, 0.29) is 12.5 Å². The Morgan fingerprint density at radius 1 is 1.61 bits per heavy atom. The van der Waals surface area contributed by atoms with E-state index in [0.29, 0.717) is 19.4 Å². The first-order chi connectivity index (χ1) is 9.69. The molecule has 0 bridgehead atoms. The van der Waals surface area contributed by atoms with Gasteiger partial charge in [-0.1, -0.05) is 13.8 Å². The van der Waals surface area contributed by atoms with Gasteiger partial charge in [-0.3, -0.25) is 4.79 Å². The smallest absolute Gasteiger partial charge is 0.217 e. The number of carbonyl (C=O) groups is 1. The molecule has 2 atom stereocenters. The van der Waals surface area contributed by atoms with E-state index in [1.165, 1.54) is 11.9 Å². The molecule has 7 nitrogen and oxygen atoms in total. The van der Waals surface area contributed by atoms with E-state index in [1.807, 2.05) is 18.7 Å². The van der Waals surface area contributed by atoms with Crippen molar-refractivity contribution >= 4 is 16.7 Å². The van der Waals surface area contributed by atoms with Crippen LogP contribution < -0.4 is 10.1 Å². The standard InChI is InChI=1S/C10H23N3O4S.H2/c1-4-6-13(12-18(16)17)7-10(15)9(5-2)11-8(3)14;/h9-10,15,18H,4-7H2,1-3H3,(H,11,14)(H,12,16,17);1H/i18T;1+1D. The monoisotopic (exact) mass is 287 g/mol. The van der Waals surface area contributed by atoms with Crippen molar-refractivity contribution in [3.63, 3.8) is 0 Å². The highest BCUT2D eigenvalue weighted by molar-refractivity contribution is 7.70. The number of hydrogen-bond acceptors (Lipinski definition) is 5. The molecule has 0 spiro atoms. The average Bonchev–Trinajstić information content (AvgIpc) is 2.36. The van der Waals surface area contributed by atoms with Crippen LogP contribution in [-0.4, -0.2) is 50.8 Å². The SMILES string of the molecule is [2H][2H].[3H]S(=O)(=O)NN(CCC)CC(O)C(CC)NC(C)=O. The molecule has 0 aliphatic carbocycles. The van der Waals surface area contributed by atoms with Gasteiger partial charge in [0.1, 0.15) is 0 Å². The van der Waals surface area contributed by atoms with Crippen LogP contribution in [0.5, 0.6) is 0 Å². The Morgan fingerprint density at radius 2 is 2.22 bits per heavy atom. The fourth-order valence-electron chi connectivity index (χ4n) is 1.63. The van der Waals surface area contributed by atoms with Crippen LogP contribution in [0.4, 0.5) is 0 Å². The highest BCUT2D eigenvalue weighted by atomic mass is 32.2. The summed E-state index contributed by atoms with van der Waals surface area (Å²) in [6.45, 7) is 5.38. The number of rotatable bonds is 9. The van der Waals surface area contributed by atoms with Crippen LogP contribution in [0.3, 0.4) is 0 Å². The van der Waals surface area contributed by atoms with Crippen molar-refractivity contribution in [1.82, 2.24) is 15.2 Å². The molecule has 0 aliphatic heterocycles. The molecule has 2 unspecified atom stereocenters. The second kappa shape index (κ2) is 9.26. The third kappa shape index (κ3) is 7.59. The van der Waals surface area contributed by atoms with Gasteiger partial charge in [0.25, 0.3) is 0 Å². The first-order valence-electron chi connectivity index (χ1n) is 7.37. The summed E-state index contributed by atoms with van der Waals surface area (Å²) in [6.07, 6.45) is 0.259. The number of nitrogens with one attached hydrogen (secondary N) is 2. The van der Waals surface area contributed by atoms with Crippen molar-refractivity contribution in [1.29, 1.82) is 1.12 Å². The Balaban J connectivity index is 0. The number of nitrogens with zero attached hydrogens (tertiary/aromatic N) is 1. The fraction of sp³-hybridized carbons (Fsp3) is 0.900. The number of carbonyl (C=O) groups excluding carboxylic acids is 1. The Labute approximate surface area is 114 Å². The van der Waals surface area contributed by atoms with Crippen LogP contribution in [0.25, 0.3) is 0 Å². The Hall–Kier alpha value is -0.700. The summed E-state index contributed by atoms with van der Waals surface area (Å²) in [5.74, 6) is -0.256. The molecule has 0 saturated heterocycles. The van der Waals surface area contributed by atoms with Gasteiger partial charge in [0.2, 0.25) is 16.7 Å². The molecule has 110 valence electrons. The maximum atomic E-state index is 11.0. The normalized spacial score (nSPS) is 16.6. The average molecular weight is 287 g/mol. The Kier molecular flexibility index (Phi) is 7.06. The lowest BCUT2D eigenvalue weighted by Gasteiger charge is -2.27. The summed E-state index contributed by atoms with van der Waals surface area (Å²) in [6, 6.07) is -0.452. The molecule has 0 aromatic heterocycles. The molecule has 1 amide bonds. The fourth-order valence-corrected chi connectivity index (χ4v) is 2.01. The summed E-state index contributed by atoms with van der Waals surface area (Å²) < 4.78 is 38.6. The van der Waals surface area contributed by atoms with E-state index >= 15 is 0 Å². The predicted octanol–water partition coefficient (Wildman–Crippen LogP) is -0.749. The van der Waals surface area contributed by atoms with E-state index in [4.69, 9.17) is 4.09 Å². The molecule has 0 aliphatic rings. The van der Waals surface area contributed by atoms with E-state index in [1.54, 1.807) is 0 Å². The van der Waals surface area contributed by atoms with Gasteiger partial charge >= 0.3 is 0 Å². The van der Waals surface area contributed by atoms with E-state index in [2.05, 4.69) is 5.32 Å². The third-order valence-corrected chi connectivity index (χ3v) is 2.80. The van der Waals surface area contributed by atoms with Crippen molar-refractivity contribution in [2.45, 2.75) is 45.8 Å². The molecule has 0 heterocycles. The van der Waals surface area contributed by atoms with Crippen LogP contribution in [0.2, 0.25) is 0 Å². The van der Waals surface area contributed by atoms with Crippen molar-refractivity contribution < 1.29 is 21.3 Å². The number of aliphatic hydroxyl groups is 1. The third-order valence-electron chi connectivity index (χ3n) is 2.40. The number of aliphatic hydroxyl groups excluding tert-OH is 1. The minimum absolute atomic E-state index is 0.00470. The second-order valence-electron chi connectivity index (χ2n) is 4.05. The van der Waals surface area contributed by atoms with Crippen molar-refractivity contribution in [3.05, 3.63) is 0 Å². The number of amides is 1. The molecule has 0 aromatic carbocycles. The summed E-state index contributed by atoms with van der Waals surface area (Å²) in [5.41, 5.74) is 0. The van der Waals surface area contributed by atoms with Crippen LogP contribution in [0, 0.1) is 0 Å². The minimum Gasteiger partial charge on any atom is -0.390 e. The van der Waals surface area contributed by atoms with Gasteiger partial charge in [-0.15, -0.1) is 0 Å². The molecule has 3 N–H and O–H groups in total. The van der Waals surface area contributed by atoms with Gasteiger partial charge < -0.3 is 10.4 Å². The number of hydrazine groups is 1. The molecule has 0 aromatic rings. The maximum absolute atomic E-state index is 11.0. The van der Waals surface area contributed by atoms with Crippen LogP contribution in [0.1, 0.15) is 36.6 Å². The highest BCUT2D eigenvalue weighted by Crippen LogP contribution is 2.01. The zero-order valence-electron chi connectivity index (χ0n) is 14.0. The minimum atomic E-state index is -4.12. The predicted molar refractivity (Wildman–Crippen MR) is 71.3 cm³/mol. The number of hydrogen-bond donors (Lipinski definition) is 4. The summed E-state index contributed by atoms with van der Waals surface area (Å²) in [5, 5.41) is 13.9. The van der Waals surface area contributed by atoms with Gasteiger partial charge in [-0.2, -0.15) is 4.83 Å². The van der Waals surface area contributed by atoms with Crippen LogP contribution in [0.15, 0.2) is 0 Å². The largest absolute Gasteiger partial charge is 0.390 e. The van der Waals surface area contributed by atoms with Crippen molar-refractivity contribution in [2.75, 3.05) is 13.1 Å². The molecular formula is C10H25N3O4S. The van der Waals surface area contributed by atoms with Gasteiger partial charge in [-0.25, -0.2) is 13.4 Å². The molecule has 0 rings (SSSR count). The second-order valence-corrected chi connectivity index (χ2v) is 4.71. The molecule has 0 fully saturated rings. The van der Waals surface area contributed by atoms with Crippen molar-refractivity contribution in [3.8, 4) is 0 Å². The Morgan fingerprint density at radius 3 is 2.61 bits per heavy atom. The molecular weight excluding hydrogens is 258 g/mol. The van der Waals surface area contributed by atoms with Gasteiger partial charge in [0.05, 0.1) is 12.1 Å². The van der Waals surface area contributed by atoms with Gasteiger partial charge in [-0.05, 0) is 12.8 Å². The first-order valence-corrected chi connectivity index (χ1v) is 7.03. The lowest BCUT2D eigenvalue weighted by Crippen LogP contribution is -2.50. The van der Waals surface area contributed by atoms with E-state index < -0.39 is 22.9 Å². The summed E-state index contributed by atoms with van der Waals surface area (Å²) in [4.78, 5) is 13.0. The topological polar surface area (TPSA) is 98.7 Å². The molecule has 18 heavy (non-hydrogen) atoms. The van der Waals surface area contributed by atoms with Gasteiger partial charge in [0.15, 0.2) is 1.12 Å².